The molecule has 0 saturated heterocycles. The van der Waals surface area contributed by atoms with Crippen LogP contribution in [0.1, 0.15) is 18.5 Å². The Morgan fingerprint density at radius 3 is 2.61 bits per heavy atom. The largest absolute Gasteiger partial charge is 0.329 e. The number of hydrogen-bond acceptors (Lipinski definition) is 2. The highest BCUT2D eigenvalue weighted by Crippen LogP contribution is 2.19. The molecule has 0 aliphatic heterocycles. The predicted octanol–water partition coefficient (Wildman–Crippen LogP) is 2.68. The molecule has 2 rings (SSSR count). The van der Waals surface area contributed by atoms with Crippen molar-refractivity contribution in [2.45, 2.75) is 13.0 Å². The second-order valence-electron chi connectivity index (χ2n) is 4.09. The number of amides is 1. The summed E-state index contributed by atoms with van der Waals surface area (Å²) in [5.74, 6) is -0.283. The Morgan fingerprint density at radius 2 is 2.06 bits per heavy atom. The van der Waals surface area contributed by atoms with E-state index >= 15 is 0 Å². The van der Waals surface area contributed by atoms with Crippen LogP contribution in [-0.2, 0) is 0 Å². The second-order valence-corrected chi connectivity index (χ2v) is 4.09. The normalized spacial score (nSPS) is 12.2. The first kappa shape index (κ1) is 12.3. The van der Waals surface area contributed by atoms with E-state index in [0.29, 0.717) is 0 Å². The lowest BCUT2D eigenvalue weighted by Crippen LogP contribution is -2.32. The van der Waals surface area contributed by atoms with Gasteiger partial charge in [0.2, 0.25) is 0 Å². The zero-order valence-corrected chi connectivity index (χ0v) is 10.2. The SMILES string of the molecule is CC(c1ccc(F)cc1)N(C)C(=O)n1ccnc1. The first-order valence-corrected chi connectivity index (χ1v) is 5.60. The molecule has 1 aromatic carbocycles. The molecule has 94 valence electrons. The van der Waals surface area contributed by atoms with Crippen molar-refractivity contribution in [2.24, 2.45) is 0 Å². The molecule has 5 heteroatoms. The van der Waals surface area contributed by atoms with Crippen LogP contribution in [0.25, 0.3) is 0 Å². The van der Waals surface area contributed by atoms with Gasteiger partial charge in [-0.3, -0.25) is 4.57 Å². The molecule has 0 spiro atoms. The Hall–Kier alpha value is -2.17. The molecule has 1 amide bonds. The molecule has 0 radical (unpaired) electrons. The van der Waals surface area contributed by atoms with Crippen molar-refractivity contribution in [3.05, 3.63) is 54.4 Å². The van der Waals surface area contributed by atoms with E-state index in [0.717, 1.165) is 5.56 Å². The number of halogens is 1. The summed E-state index contributed by atoms with van der Waals surface area (Å²) in [6, 6.07) is 5.82. The van der Waals surface area contributed by atoms with Crippen molar-refractivity contribution < 1.29 is 9.18 Å². The van der Waals surface area contributed by atoms with Gasteiger partial charge in [-0.15, -0.1) is 0 Å². The average molecular weight is 247 g/mol. The monoisotopic (exact) mass is 247 g/mol. The van der Waals surface area contributed by atoms with Crippen molar-refractivity contribution >= 4 is 6.03 Å². The number of imidazole rings is 1. The highest BCUT2D eigenvalue weighted by molar-refractivity contribution is 5.76. The van der Waals surface area contributed by atoms with Crippen LogP contribution in [0, 0.1) is 5.82 Å². The lowest BCUT2D eigenvalue weighted by atomic mass is 10.1. The molecule has 0 bridgehead atoms. The number of hydrogen-bond donors (Lipinski definition) is 0. The third-order valence-corrected chi connectivity index (χ3v) is 2.96. The van der Waals surface area contributed by atoms with Crippen LogP contribution in [0.15, 0.2) is 43.0 Å². The molecule has 0 fully saturated rings. The lowest BCUT2D eigenvalue weighted by molar-refractivity contribution is 0.196. The van der Waals surface area contributed by atoms with E-state index in [9.17, 15) is 9.18 Å². The minimum atomic E-state index is -0.283. The number of carbonyl (C=O) groups is 1. The summed E-state index contributed by atoms with van der Waals surface area (Å²) >= 11 is 0. The molecule has 0 aliphatic rings. The smallest absolute Gasteiger partial charge is 0.320 e. The highest BCUT2D eigenvalue weighted by atomic mass is 19.1. The first-order chi connectivity index (χ1) is 8.59. The molecule has 2 aromatic rings. The minimum absolute atomic E-state index is 0.138. The molecule has 0 aliphatic carbocycles. The fraction of sp³-hybridized carbons (Fsp3) is 0.231. The van der Waals surface area contributed by atoms with Gasteiger partial charge >= 0.3 is 6.03 Å². The van der Waals surface area contributed by atoms with Crippen LogP contribution in [0.4, 0.5) is 9.18 Å². The van der Waals surface area contributed by atoms with Crippen molar-refractivity contribution in [3.63, 3.8) is 0 Å². The molecule has 18 heavy (non-hydrogen) atoms. The van der Waals surface area contributed by atoms with Gasteiger partial charge < -0.3 is 4.90 Å². The minimum Gasteiger partial charge on any atom is -0.320 e. The topological polar surface area (TPSA) is 38.1 Å². The molecule has 1 aromatic heterocycles. The van der Waals surface area contributed by atoms with Crippen LogP contribution in [-0.4, -0.2) is 27.5 Å². The van der Waals surface area contributed by atoms with Gasteiger partial charge in [0.05, 0.1) is 6.04 Å². The number of benzene rings is 1. The van der Waals surface area contributed by atoms with Gasteiger partial charge in [0.25, 0.3) is 0 Å². The Kier molecular flexibility index (Phi) is 3.41. The summed E-state index contributed by atoms with van der Waals surface area (Å²) in [5, 5.41) is 0. The summed E-state index contributed by atoms with van der Waals surface area (Å²) < 4.78 is 14.2. The van der Waals surface area contributed by atoms with Crippen molar-refractivity contribution in [1.82, 2.24) is 14.5 Å². The number of nitrogens with zero attached hydrogens (tertiary/aromatic N) is 3. The molecule has 0 saturated carbocycles. The first-order valence-electron chi connectivity index (χ1n) is 5.60. The quantitative estimate of drug-likeness (QED) is 0.818. The number of aromatic nitrogens is 2. The Morgan fingerprint density at radius 1 is 1.39 bits per heavy atom. The molecule has 4 nitrogen and oxygen atoms in total. The fourth-order valence-corrected chi connectivity index (χ4v) is 1.68. The van der Waals surface area contributed by atoms with Gasteiger partial charge in [0.1, 0.15) is 12.1 Å². The predicted molar refractivity (Wildman–Crippen MR) is 65.6 cm³/mol. The van der Waals surface area contributed by atoms with E-state index in [2.05, 4.69) is 4.98 Å². The molecular weight excluding hydrogens is 233 g/mol. The standard InChI is InChI=1S/C13H14FN3O/c1-10(11-3-5-12(14)6-4-11)16(2)13(18)17-8-7-15-9-17/h3-10H,1-2H3. The van der Waals surface area contributed by atoms with Crippen LogP contribution < -0.4 is 0 Å². The van der Waals surface area contributed by atoms with Gasteiger partial charge in [0, 0.05) is 19.4 Å². The van der Waals surface area contributed by atoms with Crippen molar-refractivity contribution in [2.75, 3.05) is 7.05 Å². The van der Waals surface area contributed by atoms with E-state index in [-0.39, 0.29) is 17.9 Å². The zero-order valence-electron chi connectivity index (χ0n) is 10.2. The van der Waals surface area contributed by atoms with Crippen LogP contribution in [0.5, 0.6) is 0 Å². The molecular formula is C13H14FN3O. The summed E-state index contributed by atoms with van der Waals surface area (Å²) in [6.45, 7) is 1.89. The van der Waals surface area contributed by atoms with Crippen molar-refractivity contribution in [1.29, 1.82) is 0 Å². The maximum absolute atomic E-state index is 12.8. The lowest BCUT2D eigenvalue weighted by Gasteiger charge is -2.25. The van der Waals surface area contributed by atoms with E-state index < -0.39 is 0 Å². The van der Waals surface area contributed by atoms with Crippen LogP contribution in [0.2, 0.25) is 0 Å². The Labute approximate surface area is 105 Å². The number of carbonyl (C=O) groups excluding carboxylic acids is 1. The summed E-state index contributed by atoms with van der Waals surface area (Å²) in [5.41, 5.74) is 0.882. The maximum atomic E-state index is 12.8. The average Bonchev–Trinajstić information content (AvgIpc) is 2.91. The third kappa shape index (κ3) is 2.40. The molecule has 1 unspecified atom stereocenters. The van der Waals surface area contributed by atoms with Gasteiger partial charge in [0.15, 0.2) is 0 Å². The van der Waals surface area contributed by atoms with Crippen molar-refractivity contribution in [3.8, 4) is 0 Å². The molecule has 1 atom stereocenters. The summed E-state index contributed by atoms with van der Waals surface area (Å²) in [4.78, 5) is 17.5. The van der Waals surface area contributed by atoms with Crippen LogP contribution in [0.3, 0.4) is 0 Å². The fourth-order valence-electron chi connectivity index (χ4n) is 1.68. The van der Waals surface area contributed by atoms with Gasteiger partial charge in [-0.2, -0.15) is 0 Å². The molecule has 0 N–H and O–H groups in total. The summed E-state index contributed by atoms with van der Waals surface area (Å²) in [7, 11) is 1.70. The number of rotatable bonds is 2. The second kappa shape index (κ2) is 5.00. The van der Waals surface area contributed by atoms with E-state index in [1.54, 1.807) is 36.5 Å². The highest BCUT2D eigenvalue weighted by Gasteiger charge is 2.18. The zero-order chi connectivity index (χ0) is 13.1. The van der Waals surface area contributed by atoms with E-state index in [1.807, 2.05) is 6.92 Å². The Bertz CT molecular complexity index is 522. The summed E-state index contributed by atoms with van der Waals surface area (Å²) in [6.07, 6.45) is 4.60. The van der Waals surface area contributed by atoms with Gasteiger partial charge in [-0.25, -0.2) is 14.2 Å². The maximum Gasteiger partial charge on any atom is 0.329 e. The third-order valence-electron chi connectivity index (χ3n) is 2.96. The van der Waals surface area contributed by atoms with Crippen LogP contribution >= 0.6 is 0 Å². The van der Waals surface area contributed by atoms with Gasteiger partial charge in [-0.1, -0.05) is 12.1 Å². The van der Waals surface area contributed by atoms with E-state index in [1.165, 1.54) is 23.0 Å². The van der Waals surface area contributed by atoms with E-state index in [4.69, 9.17) is 0 Å². The molecule has 1 heterocycles. The van der Waals surface area contributed by atoms with Gasteiger partial charge in [-0.05, 0) is 24.6 Å². The Balaban J connectivity index is 2.16.